The third kappa shape index (κ3) is 8.09. The molecule has 0 atom stereocenters. The quantitative estimate of drug-likeness (QED) is 0.706. The summed E-state index contributed by atoms with van der Waals surface area (Å²) in [6.07, 6.45) is 0. The van der Waals surface area contributed by atoms with Crippen LogP contribution in [0.15, 0.2) is 24.3 Å². The minimum atomic E-state index is 0.697. The van der Waals surface area contributed by atoms with E-state index >= 15 is 0 Å². The molecule has 0 spiro atoms. The number of benzene rings is 1. The van der Waals surface area contributed by atoms with Gasteiger partial charge >= 0.3 is 0 Å². The lowest BCUT2D eigenvalue weighted by molar-refractivity contribution is 0.237. The molecule has 0 fully saturated rings. The van der Waals surface area contributed by atoms with Crippen molar-refractivity contribution in [3.05, 3.63) is 29.3 Å². The van der Waals surface area contributed by atoms with Crippen LogP contribution in [0, 0.1) is 5.92 Å². The van der Waals surface area contributed by atoms with Gasteiger partial charge in [-0.25, -0.2) is 0 Å². The van der Waals surface area contributed by atoms with E-state index in [1.165, 1.54) is 0 Å². The summed E-state index contributed by atoms with van der Waals surface area (Å²) in [7, 11) is 2.11. The molecule has 0 aromatic heterocycles. The molecule has 1 aromatic rings. The minimum Gasteiger partial charge on any atom is -0.492 e. The van der Waals surface area contributed by atoms with E-state index in [2.05, 4.69) is 31.1 Å². The van der Waals surface area contributed by atoms with Crippen LogP contribution >= 0.6 is 11.6 Å². The first-order valence-corrected chi connectivity index (χ1v) is 7.23. The zero-order valence-electron chi connectivity index (χ0n) is 12.2. The average Bonchev–Trinajstić information content (AvgIpc) is 2.37. The number of ether oxygens (including phenoxy) is 1. The van der Waals surface area contributed by atoms with Crippen molar-refractivity contribution in [2.75, 3.05) is 39.8 Å². The molecule has 1 N–H and O–H groups in total. The molecule has 0 saturated carbocycles. The summed E-state index contributed by atoms with van der Waals surface area (Å²) in [5.41, 5.74) is 0. The molecule has 1 rings (SSSR count). The van der Waals surface area contributed by atoms with Crippen molar-refractivity contribution in [1.82, 2.24) is 10.2 Å². The highest BCUT2D eigenvalue weighted by molar-refractivity contribution is 6.30. The lowest BCUT2D eigenvalue weighted by atomic mass is 10.2. The van der Waals surface area contributed by atoms with Gasteiger partial charge < -0.3 is 15.0 Å². The van der Waals surface area contributed by atoms with Crippen LogP contribution in [0.5, 0.6) is 5.75 Å². The molecule has 0 aliphatic rings. The Morgan fingerprint density at radius 1 is 1.21 bits per heavy atom. The van der Waals surface area contributed by atoms with Crippen LogP contribution in [0.3, 0.4) is 0 Å². The van der Waals surface area contributed by atoms with E-state index in [1.807, 2.05) is 24.3 Å². The van der Waals surface area contributed by atoms with Crippen molar-refractivity contribution in [2.24, 2.45) is 5.92 Å². The monoisotopic (exact) mass is 284 g/mol. The molecule has 0 amide bonds. The molecule has 4 heteroatoms. The van der Waals surface area contributed by atoms with Crippen molar-refractivity contribution in [1.29, 1.82) is 0 Å². The van der Waals surface area contributed by atoms with Gasteiger partial charge in [0.1, 0.15) is 12.4 Å². The zero-order chi connectivity index (χ0) is 14.1. The van der Waals surface area contributed by atoms with Gasteiger partial charge in [-0.3, -0.25) is 0 Å². The largest absolute Gasteiger partial charge is 0.492 e. The Kier molecular flexibility index (Phi) is 7.87. The number of nitrogens with one attached hydrogen (secondary N) is 1. The van der Waals surface area contributed by atoms with Crippen LogP contribution in [-0.2, 0) is 0 Å². The zero-order valence-corrected chi connectivity index (χ0v) is 12.9. The molecule has 0 bridgehead atoms. The van der Waals surface area contributed by atoms with Crippen LogP contribution in [0.1, 0.15) is 13.8 Å². The Balaban J connectivity index is 2.06. The normalized spacial score (nSPS) is 11.3. The summed E-state index contributed by atoms with van der Waals surface area (Å²) < 4.78 is 5.66. The van der Waals surface area contributed by atoms with Gasteiger partial charge in [0.15, 0.2) is 0 Å². The Morgan fingerprint density at radius 3 is 2.53 bits per heavy atom. The van der Waals surface area contributed by atoms with Gasteiger partial charge in [0.25, 0.3) is 0 Å². The van der Waals surface area contributed by atoms with Gasteiger partial charge in [0, 0.05) is 24.7 Å². The van der Waals surface area contributed by atoms with Gasteiger partial charge in [-0.05, 0) is 43.8 Å². The standard InChI is InChI=1S/C15H25ClN2O/c1-13(2)12-17-8-9-18(3)10-11-19-15-6-4-14(16)5-7-15/h4-7,13,17H,8-12H2,1-3H3. The van der Waals surface area contributed by atoms with E-state index in [0.717, 1.165) is 37.0 Å². The fraction of sp³-hybridized carbons (Fsp3) is 0.600. The SMILES string of the molecule is CC(C)CNCCN(C)CCOc1ccc(Cl)cc1. The average molecular weight is 285 g/mol. The Hall–Kier alpha value is -0.770. The van der Waals surface area contributed by atoms with E-state index < -0.39 is 0 Å². The van der Waals surface area contributed by atoms with Gasteiger partial charge in [-0.2, -0.15) is 0 Å². The Labute approximate surface area is 121 Å². The third-order valence-corrected chi connectivity index (χ3v) is 3.03. The van der Waals surface area contributed by atoms with Crippen molar-refractivity contribution in [3.63, 3.8) is 0 Å². The number of halogens is 1. The van der Waals surface area contributed by atoms with Crippen LogP contribution in [-0.4, -0.2) is 44.7 Å². The molecule has 0 aliphatic heterocycles. The maximum absolute atomic E-state index is 5.82. The number of nitrogens with zero attached hydrogens (tertiary/aromatic N) is 1. The molecule has 0 saturated heterocycles. The highest BCUT2D eigenvalue weighted by Gasteiger charge is 2.00. The van der Waals surface area contributed by atoms with Crippen molar-refractivity contribution in [2.45, 2.75) is 13.8 Å². The van der Waals surface area contributed by atoms with Gasteiger partial charge in [-0.1, -0.05) is 25.4 Å². The minimum absolute atomic E-state index is 0.697. The molecule has 108 valence electrons. The molecular formula is C15H25ClN2O. The van der Waals surface area contributed by atoms with E-state index in [1.54, 1.807) is 0 Å². The maximum Gasteiger partial charge on any atom is 0.119 e. The molecule has 0 heterocycles. The van der Waals surface area contributed by atoms with E-state index in [4.69, 9.17) is 16.3 Å². The first-order chi connectivity index (χ1) is 9.08. The van der Waals surface area contributed by atoms with Crippen molar-refractivity contribution in [3.8, 4) is 5.75 Å². The van der Waals surface area contributed by atoms with Gasteiger partial charge in [-0.15, -0.1) is 0 Å². The fourth-order valence-electron chi connectivity index (χ4n) is 1.62. The van der Waals surface area contributed by atoms with Crippen LogP contribution < -0.4 is 10.1 Å². The predicted octanol–water partition coefficient (Wildman–Crippen LogP) is 2.90. The molecule has 19 heavy (non-hydrogen) atoms. The lowest BCUT2D eigenvalue weighted by Gasteiger charge is -2.17. The first kappa shape index (κ1) is 16.3. The summed E-state index contributed by atoms with van der Waals surface area (Å²) in [6, 6.07) is 7.48. The van der Waals surface area contributed by atoms with E-state index in [9.17, 15) is 0 Å². The second kappa shape index (κ2) is 9.18. The predicted molar refractivity (Wildman–Crippen MR) is 82.2 cm³/mol. The molecule has 0 unspecified atom stereocenters. The van der Waals surface area contributed by atoms with Gasteiger partial charge in [0.05, 0.1) is 0 Å². The number of likely N-dealkylation sites (N-methyl/N-ethyl adjacent to an activating group) is 1. The van der Waals surface area contributed by atoms with Crippen LogP contribution in [0.4, 0.5) is 0 Å². The Bertz CT molecular complexity index is 341. The third-order valence-electron chi connectivity index (χ3n) is 2.78. The molecular weight excluding hydrogens is 260 g/mol. The summed E-state index contributed by atoms with van der Waals surface area (Å²) >= 11 is 5.82. The smallest absolute Gasteiger partial charge is 0.119 e. The number of hydrogen-bond acceptors (Lipinski definition) is 3. The summed E-state index contributed by atoms with van der Waals surface area (Å²) in [5, 5.41) is 4.17. The van der Waals surface area contributed by atoms with E-state index in [-0.39, 0.29) is 0 Å². The van der Waals surface area contributed by atoms with Crippen molar-refractivity contribution < 1.29 is 4.74 Å². The summed E-state index contributed by atoms with van der Waals surface area (Å²) in [4.78, 5) is 2.27. The van der Waals surface area contributed by atoms with Gasteiger partial charge in [0.2, 0.25) is 0 Å². The summed E-state index contributed by atoms with van der Waals surface area (Å²) in [6.45, 7) is 9.20. The topological polar surface area (TPSA) is 24.5 Å². The summed E-state index contributed by atoms with van der Waals surface area (Å²) in [5.74, 6) is 1.58. The molecule has 3 nitrogen and oxygen atoms in total. The Morgan fingerprint density at radius 2 is 1.89 bits per heavy atom. The van der Waals surface area contributed by atoms with E-state index in [0.29, 0.717) is 12.5 Å². The molecule has 1 aromatic carbocycles. The molecule has 0 radical (unpaired) electrons. The second-order valence-electron chi connectivity index (χ2n) is 5.20. The first-order valence-electron chi connectivity index (χ1n) is 6.85. The fourth-order valence-corrected chi connectivity index (χ4v) is 1.75. The maximum atomic E-state index is 5.82. The number of rotatable bonds is 9. The lowest BCUT2D eigenvalue weighted by Crippen LogP contribution is -2.33. The highest BCUT2D eigenvalue weighted by Crippen LogP contribution is 2.15. The van der Waals surface area contributed by atoms with Crippen molar-refractivity contribution >= 4 is 11.6 Å². The molecule has 0 aliphatic carbocycles. The van der Waals surface area contributed by atoms with Crippen LogP contribution in [0.2, 0.25) is 5.02 Å². The highest BCUT2D eigenvalue weighted by atomic mass is 35.5. The number of hydrogen-bond donors (Lipinski definition) is 1. The second-order valence-corrected chi connectivity index (χ2v) is 5.64. The van der Waals surface area contributed by atoms with Crippen LogP contribution in [0.25, 0.3) is 0 Å².